The molecule has 2 aliphatic heterocycles. The maximum Gasteiger partial charge on any atom is 0.167 e. The maximum atomic E-state index is 12.4. The van der Waals surface area contributed by atoms with Crippen LogP contribution in [0.2, 0.25) is 0 Å². The predicted octanol–water partition coefficient (Wildman–Crippen LogP) is 3.25. The van der Waals surface area contributed by atoms with Crippen LogP contribution in [0.25, 0.3) is 0 Å². The van der Waals surface area contributed by atoms with E-state index in [4.69, 9.17) is 0 Å². The largest absolute Gasteiger partial charge is 0.294 e. The van der Waals surface area contributed by atoms with Gasteiger partial charge >= 0.3 is 0 Å². The molecule has 2 atom stereocenters. The van der Waals surface area contributed by atoms with Crippen molar-refractivity contribution in [3.63, 3.8) is 0 Å². The average Bonchev–Trinajstić information content (AvgIpc) is 2.68. The summed E-state index contributed by atoms with van der Waals surface area (Å²) in [5.41, 5.74) is 1.77. The van der Waals surface area contributed by atoms with E-state index in [1.807, 2.05) is 19.1 Å². The fraction of sp³-hybridized carbons (Fsp3) is 0.571. The molecule has 2 aliphatic rings. The van der Waals surface area contributed by atoms with Gasteiger partial charge in [0.25, 0.3) is 0 Å². The van der Waals surface area contributed by atoms with Crippen molar-refractivity contribution in [2.45, 2.75) is 43.1 Å². The third-order valence-corrected chi connectivity index (χ3v) is 5.48. The van der Waals surface area contributed by atoms with Crippen molar-refractivity contribution in [2.75, 3.05) is 0 Å². The number of thioether (sulfide) groups is 1. The summed E-state index contributed by atoms with van der Waals surface area (Å²) < 4.78 is 0. The van der Waals surface area contributed by atoms with Gasteiger partial charge < -0.3 is 0 Å². The molecule has 2 nitrogen and oxygen atoms in total. The van der Waals surface area contributed by atoms with Crippen molar-refractivity contribution in [1.29, 1.82) is 0 Å². The first-order chi connectivity index (χ1) is 8.22. The van der Waals surface area contributed by atoms with E-state index in [0.29, 0.717) is 5.78 Å². The summed E-state index contributed by atoms with van der Waals surface area (Å²) >= 11 is 2.10. The Labute approximate surface area is 106 Å². The van der Waals surface area contributed by atoms with Crippen LogP contribution in [0.15, 0.2) is 18.3 Å². The van der Waals surface area contributed by atoms with Gasteiger partial charge in [0.15, 0.2) is 5.78 Å². The Morgan fingerprint density at radius 1 is 1.29 bits per heavy atom. The van der Waals surface area contributed by atoms with E-state index in [1.54, 1.807) is 6.20 Å². The maximum absolute atomic E-state index is 12.4. The second kappa shape index (κ2) is 4.45. The van der Waals surface area contributed by atoms with Gasteiger partial charge in [-0.15, -0.1) is 0 Å². The third kappa shape index (κ3) is 2.25. The van der Waals surface area contributed by atoms with Gasteiger partial charge in [-0.1, -0.05) is 0 Å². The van der Waals surface area contributed by atoms with Crippen LogP contribution >= 0.6 is 11.8 Å². The normalized spacial score (nSPS) is 31.5. The summed E-state index contributed by atoms with van der Waals surface area (Å²) in [5.74, 6) is 0.563. The molecule has 90 valence electrons. The molecule has 1 aromatic heterocycles. The number of rotatable bonds is 2. The Balaban J connectivity index is 1.76. The smallest absolute Gasteiger partial charge is 0.167 e. The van der Waals surface area contributed by atoms with Gasteiger partial charge in [-0.2, -0.15) is 11.8 Å². The van der Waals surface area contributed by atoms with Crippen LogP contribution in [0.5, 0.6) is 0 Å². The van der Waals surface area contributed by atoms with E-state index in [-0.39, 0.29) is 5.92 Å². The zero-order valence-electron chi connectivity index (χ0n) is 10.1. The van der Waals surface area contributed by atoms with Gasteiger partial charge in [0.2, 0.25) is 0 Å². The van der Waals surface area contributed by atoms with Gasteiger partial charge in [0.05, 0.1) is 0 Å². The van der Waals surface area contributed by atoms with Gasteiger partial charge in [-0.3, -0.25) is 9.78 Å². The molecular formula is C14H17NOS. The molecule has 2 saturated heterocycles. The molecule has 0 saturated carbocycles. The topological polar surface area (TPSA) is 30.0 Å². The molecule has 0 spiro atoms. The molecule has 17 heavy (non-hydrogen) atoms. The Hall–Kier alpha value is -0.830. The lowest BCUT2D eigenvalue weighted by Crippen LogP contribution is -2.24. The average molecular weight is 247 g/mol. The van der Waals surface area contributed by atoms with Crippen LogP contribution in [0.1, 0.15) is 41.7 Å². The fourth-order valence-electron chi connectivity index (χ4n) is 2.92. The highest BCUT2D eigenvalue weighted by Crippen LogP contribution is 2.46. The second-order valence-corrected chi connectivity index (χ2v) is 6.78. The molecular weight excluding hydrogens is 230 g/mol. The number of nitrogens with zero attached hydrogens (tertiary/aromatic N) is 1. The van der Waals surface area contributed by atoms with Gasteiger partial charge in [0.1, 0.15) is 0 Å². The van der Waals surface area contributed by atoms with Crippen LogP contribution in [-0.2, 0) is 0 Å². The highest BCUT2D eigenvalue weighted by Gasteiger charge is 2.37. The zero-order chi connectivity index (χ0) is 11.8. The van der Waals surface area contributed by atoms with Crippen molar-refractivity contribution >= 4 is 17.5 Å². The first-order valence-corrected chi connectivity index (χ1v) is 7.29. The third-order valence-electron chi connectivity index (χ3n) is 3.86. The lowest BCUT2D eigenvalue weighted by Gasteiger charge is -2.26. The number of carbonyl (C=O) groups excluding carboxylic acids is 1. The molecule has 3 rings (SSSR count). The van der Waals surface area contributed by atoms with Gasteiger partial charge in [0, 0.05) is 33.9 Å². The number of aromatic nitrogens is 1. The van der Waals surface area contributed by atoms with E-state index in [0.717, 1.165) is 34.6 Å². The number of aryl methyl sites for hydroxylation is 1. The number of carbonyl (C=O) groups is 1. The zero-order valence-corrected chi connectivity index (χ0v) is 10.9. The van der Waals surface area contributed by atoms with Gasteiger partial charge in [-0.05, 0) is 44.7 Å². The van der Waals surface area contributed by atoms with Crippen LogP contribution in [0.3, 0.4) is 0 Å². The molecule has 0 aliphatic carbocycles. The molecule has 0 aromatic carbocycles. The van der Waals surface area contributed by atoms with E-state index in [9.17, 15) is 4.79 Å². The highest BCUT2D eigenvalue weighted by molar-refractivity contribution is 8.00. The summed E-state index contributed by atoms with van der Waals surface area (Å²) in [7, 11) is 0. The van der Waals surface area contributed by atoms with Crippen molar-refractivity contribution in [3.8, 4) is 0 Å². The molecule has 3 heterocycles. The Morgan fingerprint density at radius 2 is 2.00 bits per heavy atom. The van der Waals surface area contributed by atoms with Crippen molar-refractivity contribution in [2.24, 2.45) is 5.92 Å². The molecule has 2 bridgehead atoms. The summed E-state index contributed by atoms with van der Waals surface area (Å²) in [4.78, 5) is 16.6. The van der Waals surface area contributed by atoms with E-state index in [1.165, 1.54) is 12.8 Å². The second-order valence-electron chi connectivity index (χ2n) is 5.18. The molecule has 1 aromatic rings. The van der Waals surface area contributed by atoms with E-state index >= 15 is 0 Å². The number of ketones is 1. The Morgan fingerprint density at radius 3 is 2.59 bits per heavy atom. The molecule has 3 heteroatoms. The van der Waals surface area contributed by atoms with Crippen LogP contribution in [0, 0.1) is 12.8 Å². The van der Waals surface area contributed by atoms with Crippen molar-refractivity contribution < 1.29 is 4.79 Å². The lowest BCUT2D eigenvalue weighted by molar-refractivity contribution is 0.0906. The Bertz CT molecular complexity index is 416. The number of hydrogen-bond acceptors (Lipinski definition) is 3. The molecule has 2 unspecified atom stereocenters. The van der Waals surface area contributed by atoms with E-state index in [2.05, 4.69) is 16.7 Å². The molecule has 0 N–H and O–H groups in total. The monoisotopic (exact) mass is 247 g/mol. The number of Topliss-reactive ketones (excluding diaryl/α,β-unsaturated/α-hetero) is 1. The molecule has 2 fully saturated rings. The SMILES string of the molecule is Cc1ccc(C(=O)C2CC3CCC(C2)S3)cn1. The minimum absolute atomic E-state index is 0.248. The Kier molecular flexibility index (Phi) is 2.95. The molecule has 0 radical (unpaired) electrons. The fourth-order valence-corrected chi connectivity index (χ4v) is 4.70. The highest BCUT2D eigenvalue weighted by atomic mass is 32.2. The number of fused-ring (bicyclic) bond motifs is 2. The van der Waals surface area contributed by atoms with E-state index < -0.39 is 0 Å². The number of hydrogen-bond donors (Lipinski definition) is 0. The summed E-state index contributed by atoms with van der Waals surface area (Å²) in [6.45, 7) is 1.95. The standard InChI is InChI=1S/C14H17NOS/c1-9-2-3-10(8-15-9)14(16)11-6-12-4-5-13(7-11)17-12/h2-3,8,11-13H,4-7H2,1H3. The number of pyridine rings is 1. The summed E-state index contributed by atoms with van der Waals surface area (Å²) in [6.07, 6.45) is 6.51. The minimum atomic E-state index is 0.248. The van der Waals surface area contributed by atoms with Crippen LogP contribution in [0.4, 0.5) is 0 Å². The van der Waals surface area contributed by atoms with Gasteiger partial charge in [-0.25, -0.2) is 0 Å². The lowest BCUT2D eigenvalue weighted by atomic mass is 9.91. The first kappa shape index (κ1) is 11.3. The quantitative estimate of drug-likeness (QED) is 0.751. The molecule has 0 amide bonds. The van der Waals surface area contributed by atoms with Crippen molar-refractivity contribution in [1.82, 2.24) is 4.98 Å². The summed E-state index contributed by atoms with van der Waals surface area (Å²) in [6, 6.07) is 3.85. The van der Waals surface area contributed by atoms with Crippen LogP contribution < -0.4 is 0 Å². The minimum Gasteiger partial charge on any atom is -0.294 e. The summed E-state index contributed by atoms with van der Waals surface area (Å²) in [5, 5.41) is 1.47. The first-order valence-electron chi connectivity index (χ1n) is 6.34. The van der Waals surface area contributed by atoms with Crippen molar-refractivity contribution in [3.05, 3.63) is 29.6 Å². The van der Waals surface area contributed by atoms with Crippen LogP contribution in [-0.4, -0.2) is 21.3 Å². The predicted molar refractivity (Wildman–Crippen MR) is 70.4 cm³/mol.